The summed E-state index contributed by atoms with van der Waals surface area (Å²) in [6, 6.07) is 6.13. The molecule has 0 aliphatic carbocycles. The second-order valence-electron chi connectivity index (χ2n) is 4.12. The largest absolute Gasteiger partial charge is 0.493 e. The number of carbonyl (C=O) groups excluding carboxylic acids is 1. The Morgan fingerprint density at radius 1 is 1.11 bits per heavy atom. The van der Waals surface area contributed by atoms with Crippen LogP contribution in [0.3, 0.4) is 0 Å². The van der Waals surface area contributed by atoms with Crippen LogP contribution in [0.15, 0.2) is 30.3 Å². The van der Waals surface area contributed by atoms with E-state index in [9.17, 15) is 18.0 Å². The van der Waals surface area contributed by atoms with E-state index in [1.807, 2.05) is 0 Å². The Balaban J connectivity index is 2.29. The van der Waals surface area contributed by atoms with Gasteiger partial charge >= 0.3 is 12.3 Å². The highest BCUT2D eigenvalue weighted by molar-refractivity contribution is 5.92. The van der Waals surface area contributed by atoms with E-state index >= 15 is 0 Å². The molecule has 2 amide bonds. The van der Waals surface area contributed by atoms with Gasteiger partial charge in [-0.1, -0.05) is 18.2 Å². The number of benzene rings is 1. The second-order valence-corrected chi connectivity index (χ2v) is 4.12. The molecule has 18 heavy (non-hydrogen) atoms. The molecule has 98 valence electrons. The van der Waals surface area contributed by atoms with Crippen molar-refractivity contribution in [2.45, 2.75) is 19.1 Å². The van der Waals surface area contributed by atoms with Gasteiger partial charge in [-0.25, -0.2) is 9.69 Å². The molecule has 0 bridgehead atoms. The van der Waals surface area contributed by atoms with Crippen molar-refractivity contribution in [1.29, 1.82) is 0 Å². The third kappa shape index (κ3) is 2.57. The van der Waals surface area contributed by atoms with E-state index in [4.69, 9.17) is 0 Å². The van der Waals surface area contributed by atoms with Crippen LogP contribution >= 0.6 is 0 Å². The summed E-state index contributed by atoms with van der Waals surface area (Å²) in [5.74, 6) is 0. The first-order chi connectivity index (χ1) is 8.50. The zero-order valence-corrected chi connectivity index (χ0v) is 9.65. The molecule has 6 heteroatoms. The fraction of sp³-hybridized carbons (Fsp3) is 0.417. The smallest absolute Gasteiger partial charge is 0.324 e. The summed E-state index contributed by atoms with van der Waals surface area (Å²) in [5, 5.41) is 0. The summed E-state index contributed by atoms with van der Waals surface area (Å²) in [6.07, 6.45) is -3.19. The second kappa shape index (κ2) is 4.88. The van der Waals surface area contributed by atoms with Crippen LogP contribution in [0, 0.1) is 0 Å². The van der Waals surface area contributed by atoms with Crippen molar-refractivity contribution in [3.63, 3.8) is 0 Å². The molecule has 0 N–H and O–H groups in total. The molecule has 1 heterocycles. The molecule has 0 spiro atoms. The first kappa shape index (κ1) is 12.7. The van der Waals surface area contributed by atoms with Crippen LogP contribution in [0.1, 0.15) is 12.8 Å². The topological polar surface area (TPSA) is 23.6 Å². The number of urea groups is 1. The molecule has 0 saturated carbocycles. The zero-order chi connectivity index (χ0) is 13.2. The average Bonchev–Trinajstić information content (AvgIpc) is 2.82. The first-order valence-electron chi connectivity index (χ1n) is 5.71. The van der Waals surface area contributed by atoms with Crippen LogP contribution in [0.4, 0.5) is 23.7 Å². The average molecular weight is 258 g/mol. The van der Waals surface area contributed by atoms with Crippen molar-refractivity contribution in [1.82, 2.24) is 4.90 Å². The highest BCUT2D eigenvalue weighted by Crippen LogP contribution is 2.30. The molecule has 0 radical (unpaired) electrons. The molecule has 3 nitrogen and oxygen atoms in total. The first-order valence-corrected chi connectivity index (χ1v) is 5.71. The lowest BCUT2D eigenvalue weighted by Crippen LogP contribution is -2.49. The zero-order valence-electron chi connectivity index (χ0n) is 9.65. The summed E-state index contributed by atoms with van der Waals surface area (Å²) in [6.45, 7) is 0.774. The van der Waals surface area contributed by atoms with Gasteiger partial charge in [0.2, 0.25) is 0 Å². The lowest BCUT2D eigenvalue weighted by molar-refractivity contribution is -0.122. The van der Waals surface area contributed by atoms with Gasteiger partial charge in [0.05, 0.1) is 5.69 Å². The molecule has 1 aliphatic heterocycles. The van der Waals surface area contributed by atoms with Crippen molar-refractivity contribution < 1.29 is 18.0 Å². The normalized spacial score (nSPS) is 15.8. The lowest BCUT2D eigenvalue weighted by atomic mass is 10.3. The van der Waals surface area contributed by atoms with Crippen molar-refractivity contribution in [3.05, 3.63) is 30.3 Å². The maximum atomic E-state index is 13.0. The van der Waals surface area contributed by atoms with E-state index in [1.165, 1.54) is 29.2 Å². The SMILES string of the molecule is O=C(N1CCCC1)N(c1ccccc1)C(F)(F)F. The number of nitrogens with zero attached hydrogens (tertiary/aromatic N) is 2. The number of para-hydroxylation sites is 1. The quantitative estimate of drug-likeness (QED) is 0.709. The minimum absolute atomic E-state index is 0.0989. The monoisotopic (exact) mass is 258 g/mol. The third-order valence-electron chi connectivity index (χ3n) is 2.84. The number of hydrogen-bond donors (Lipinski definition) is 0. The number of anilines is 1. The van der Waals surface area contributed by atoms with Crippen molar-refractivity contribution in [2.24, 2.45) is 0 Å². The van der Waals surface area contributed by atoms with E-state index in [-0.39, 0.29) is 10.6 Å². The summed E-state index contributed by atoms with van der Waals surface area (Å²) < 4.78 is 39.0. The van der Waals surface area contributed by atoms with Crippen LogP contribution in [-0.2, 0) is 0 Å². The van der Waals surface area contributed by atoms with E-state index < -0.39 is 12.3 Å². The number of alkyl halides is 3. The van der Waals surface area contributed by atoms with Gasteiger partial charge in [-0.3, -0.25) is 0 Å². The summed E-state index contributed by atoms with van der Waals surface area (Å²) >= 11 is 0. The molecule has 1 fully saturated rings. The Morgan fingerprint density at radius 3 is 2.17 bits per heavy atom. The lowest BCUT2D eigenvalue weighted by Gasteiger charge is -2.29. The van der Waals surface area contributed by atoms with Crippen molar-refractivity contribution >= 4 is 11.7 Å². The Morgan fingerprint density at radius 2 is 1.67 bits per heavy atom. The predicted octanol–water partition coefficient (Wildman–Crippen LogP) is 3.23. The fourth-order valence-corrected chi connectivity index (χ4v) is 1.99. The number of likely N-dealkylation sites (tertiary alicyclic amines) is 1. The van der Waals surface area contributed by atoms with Crippen LogP contribution in [-0.4, -0.2) is 30.3 Å². The Kier molecular flexibility index (Phi) is 3.45. The molecule has 2 rings (SSSR count). The Hall–Kier alpha value is -1.72. The van der Waals surface area contributed by atoms with E-state index in [1.54, 1.807) is 6.07 Å². The minimum Gasteiger partial charge on any atom is -0.324 e. The maximum Gasteiger partial charge on any atom is 0.493 e. The number of amides is 2. The van der Waals surface area contributed by atoms with Crippen LogP contribution < -0.4 is 4.90 Å². The molecular formula is C12H13F3N2O. The molecular weight excluding hydrogens is 245 g/mol. The molecule has 1 aromatic rings. The molecule has 1 aromatic carbocycles. The summed E-state index contributed by atoms with van der Waals surface area (Å²) in [4.78, 5) is 13.1. The number of carbonyl (C=O) groups is 1. The van der Waals surface area contributed by atoms with Gasteiger partial charge in [0.1, 0.15) is 0 Å². The van der Waals surface area contributed by atoms with Crippen molar-refractivity contribution in [3.8, 4) is 0 Å². The Labute approximate surface area is 103 Å². The van der Waals surface area contributed by atoms with Gasteiger partial charge in [-0.15, -0.1) is 13.2 Å². The number of rotatable bonds is 1. The molecule has 0 unspecified atom stereocenters. The van der Waals surface area contributed by atoms with Gasteiger partial charge in [0, 0.05) is 13.1 Å². The van der Waals surface area contributed by atoms with Crippen LogP contribution in [0.5, 0.6) is 0 Å². The maximum absolute atomic E-state index is 13.0. The van der Waals surface area contributed by atoms with Crippen molar-refractivity contribution in [2.75, 3.05) is 18.0 Å². The van der Waals surface area contributed by atoms with E-state index in [0.29, 0.717) is 13.1 Å². The summed E-state index contributed by atoms with van der Waals surface area (Å²) in [5.41, 5.74) is -0.151. The van der Waals surface area contributed by atoms with E-state index in [0.717, 1.165) is 12.8 Å². The van der Waals surface area contributed by atoms with Crippen LogP contribution in [0.25, 0.3) is 0 Å². The molecule has 0 aromatic heterocycles. The van der Waals surface area contributed by atoms with Gasteiger partial charge in [0.15, 0.2) is 0 Å². The van der Waals surface area contributed by atoms with Gasteiger partial charge in [-0.05, 0) is 25.0 Å². The van der Waals surface area contributed by atoms with Crippen LogP contribution in [0.2, 0.25) is 0 Å². The number of halogens is 3. The van der Waals surface area contributed by atoms with E-state index in [2.05, 4.69) is 0 Å². The highest BCUT2D eigenvalue weighted by atomic mass is 19.4. The fourth-order valence-electron chi connectivity index (χ4n) is 1.99. The minimum atomic E-state index is -4.71. The standard InChI is InChI=1S/C12H13F3N2O/c13-12(14,15)17(10-6-2-1-3-7-10)11(18)16-8-4-5-9-16/h1-3,6-7H,4-5,8-9H2. The third-order valence-corrected chi connectivity index (χ3v) is 2.84. The molecule has 1 aliphatic rings. The summed E-state index contributed by atoms with van der Waals surface area (Å²) in [7, 11) is 0. The highest BCUT2D eigenvalue weighted by Gasteiger charge is 2.44. The predicted molar refractivity (Wildman–Crippen MR) is 61.2 cm³/mol. The molecule has 1 saturated heterocycles. The Bertz CT molecular complexity index is 413. The van der Waals surface area contributed by atoms with Gasteiger partial charge in [-0.2, -0.15) is 0 Å². The van der Waals surface area contributed by atoms with Gasteiger partial charge < -0.3 is 4.90 Å². The molecule has 0 atom stereocenters. The number of hydrogen-bond acceptors (Lipinski definition) is 1. The van der Waals surface area contributed by atoms with Gasteiger partial charge in [0.25, 0.3) is 0 Å².